The van der Waals surface area contributed by atoms with E-state index in [0.717, 1.165) is 13.1 Å². The first kappa shape index (κ1) is 15.7. The average molecular weight is 264 g/mol. The van der Waals surface area contributed by atoms with Gasteiger partial charge < -0.3 is 15.4 Å². The number of ether oxygens (including phenoxy) is 1. The predicted octanol–water partition coefficient (Wildman–Crippen LogP) is 1.69. The maximum absolute atomic E-state index is 11.3. The van der Waals surface area contributed by atoms with Crippen molar-refractivity contribution in [1.29, 1.82) is 0 Å². The number of benzene rings is 1. The summed E-state index contributed by atoms with van der Waals surface area (Å²) >= 11 is 0. The molecule has 0 atom stereocenters. The number of hydrogen-bond acceptors (Lipinski definition) is 3. The Hall–Kier alpha value is -1.39. The molecule has 0 saturated carbocycles. The minimum atomic E-state index is 0.0470. The Morgan fingerprint density at radius 3 is 2.68 bits per heavy atom. The van der Waals surface area contributed by atoms with Crippen molar-refractivity contribution in [2.24, 2.45) is 5.92 Å². The van der Waals surface area contributed by atoms with Gasteiger partial charge in [0.1, 0.15) is 0 Å². The molecular weight excluding hydrogens is 240 g/mol. The van der Waals surface area contributed by atoms with Gasteiger partial charge >= 0.3 is 0 Å². The van der Waals surface area contributed by atoms with E-state index in [1.165, 1.54) is 11.1 Å². The number of hydrogen-bond donors (Lipinski definition) is 2. The molecule has 0 aliphatic rings. The van der Waals surface area contributed by atoms with Crippen molar-refractivity contribution in [3.05, 3.63) is 35.4 Å². The summed E-state index contributed by atoms with van der Waals surface area (Å²) in [6.45, 7) is 6.66. The Bertz CT molecular complexity index is 391. The van der Waals surface area contributed by atoms with E-state index in [9.17, 15) is 4.79 Å². The van der Waals surface area contributed by atoms with Crippen molar-refractivity contribution in [3.63, 3.8) is 0 Å². The van der Waals surface area contributed by atoms with Gasteiger partial charge in [-0.15, -0.1) is 0 Å². The van der Waals surface area contributed by atoms with Crippen molar-refractivity contribution < 1.29 is 9.53 Å². The number of nitrogens with one attached hydrogen (secondary N) is 2. The van der Waals surface area contributed by atoms with E-state index in [2.05, 4.69) is 28.8 Å². The summed E-state index contributed by atoms with van der Waals surface area (Å²) in [7, 11) is 1.70. The van der Waals surface area contributed by atoms with Gasteiger partial charge in [-0.1, -0.05) is 38.1 Å². The number of carbonyl (C=O) groups is 1. The molecule has 0 aromatic heterocycles. The highest BCUT2D eigenvalue weighted by molar-refractivity contribution is 5.77. The normalized spacial score (nSPS) is 10.7. The van der Waals surface area contributed by atoms with Gasteiger partial charge in [-0.05, 0) is 11.1 Å². The van der Waals surface area contributed by atoms with E-state index in [1.807, 2.05) is 19.9 Å². The second kappa shape index (κ2) is 8.67. The van der Waals surface area contributed by atoms with Crippen LogP contribution in [0.4, 0.5) is 0 Å². The predicted molar refractivity (Wildman–Crippen MR) is 76.7 cm³/mol. The molecule has 1 rings (SSSR count). The molecule has 0 unspecified atom stereocenters. The molecule has 1 amide bonds. The van der Waals surface area contributed by atoms with Gasteiger partial charge in [-0.3, -0.25) is 4.79 Å². The van der Waals surface area contributed by atoms with Gasteiger partial charge in [-0.25, -0.2) is 0 Å². The monoisotopic (exact) mass is 264 g/mol. The van der Waals surface area contributed by atoms with E-state index in [0.29, 0.717) is 13.2 Å². The molecule has 1 aromatic rings. The fourth-order valence-electron chi connectivity index (χ4n) is 1.71. The highest BCUT2D eigenvalue weighted by Gasteiger charge is 2.04. The van der Waals surface area contributed by atoms with Crippen LogP contribution in [-0.4, -0.2) is 26.1 Å². The molecule has 106 valence electrons. The largest absolute Gasteiger partial charge is 0.380 e. The number of carbonyl (C=O) groups excluding carboxylic acids is 1. The summed E-state index contributed by atoms with van der Waals surface area (Å²) in [4.78, 5) is 11.3. The molecule has 4 nitrogen and oxygen atoms in total. The van der Waals surface area contributed by atoms with Crippen LogP contribution in [0.2, 0.25) is 0 Å². The lowest BCUT2D eigenvalue weighted by Crippen LogP contribution is -2.34. The topological polar surface area (TPSA) is 50.4 Å². The average Bonchev–Trinajstić information content (AvgIpc) is 2.39. The number of amides is 1. The van der Waals surface area contributed by atoms with E-state index in [-0.39, 0.29) is 11.8 Å². The maximum atomic E-state index is 11.3. The minimum absolute atomic E-state index is 0.0470. The van der Waals surface area contributed by atoms with Gasteiger partial charge in [0.2, 0.25) is 5.91 Å². The molecule has 2 N–H and O–H groups in total. The smallest absolute Gasteiger partial charge is 0.222 e. The molecule has 1 aromatic carbocycles. The van der Waals surface area contributed by atoms with Crippen molar-refractivity contribution in [2.75, 3.05) is 20.2 Å². The fourth-order valence-corrected chi connectivity index (χ4v) is 1.71. The standard InChI is InChI=1S/C15H24N2O2/c1-12(2)15(18)17-8-7-16-10-13-5-4-6-14(9-13)11-19-3/h4-6,9,12,16H,7-8,10-11H2,1-3H3,(H,17,18). The van der Waals surface area contributed by atoms with Crippen LogP contribution >= 0.6 is 0 Å². The lowest BCUT2D eigenvalue weighted by atomic mass is 10.1. The Morgan fingerprint density at radius 1 is 1.26 bits per heavy atom. The molecule has 0 heterocycles. The summed E-state index contributed by atoms with van der Waals surface area (Å²) in [6.07, 6.45) is 0. The van der Waals surface area contributed by atoms with Crippen molar-refractivity contribution in [1.82, 2.24) is 10.6 Å². The molecule has 0 radical (unpaired) electrons. The van der Waals surface area contributed by atoms with Crippen LogP contribution in [0.15, 0.2) is 24.3 Å². The molecule has 0 saturated heterocycles. The zero-order chi connectivity index (χ0) is 14.1. The van der Waals surface area contributed by atoms with E-state index in [1.54, 1.807) is 7.11 Å². The maximum Gasteiger partial charge on any atom is 0.222 e. The molecule has 19 heavy (non-hydrogen) atoms. The lowest BCUT2D eigenvalue weighted by Gasteiger charge is -2.09. The quantitative estimate of drug-likeness (QED) is 0.703. The second-order valence-corrected chi connectivity index (χ2v) is 4.88. The lowest BCUT2D eigenvalue weighted by molar-refractivity contribution is -0.123. The summed E-state index contributed by atoms with van der Waals surface area (Å²) < 4.78 is 5.11. The first-order chi connectivity index (χ1) is 9.13. The first-order valence-corrected chi connectivity index (χ1v) is 6.68. The Morgan fingerprint density at radius 2 is 2.00 bits per heavy atom. The van der Waals surface area contributed by atoms with Gasteiger partial charge in [0.15, 0.2) is 0 Å². The zero-order valence-electron chi connectivity index (χ0n) is 12.0. The molecule has 0 aliphatic carbocycles. The van der Waals surface area contributed by atoms with Gasteiger partial charge in [0.05, 0.1) is 6.61 Å². The van der Waals surface area contributed by atoms with Crippen molar-refractivity contribution >= 4 is 5.91 Å². The van der Waals surface area contributed by atoms with Crippen molar-refractivity contribution in [3.8, 4) is 0 Å². The molecule has 0 aliphatic heterocycles. The van der Waals surface area contributed by atoms with Crippen LogP contribution in [-0.2, 0) is 22.7 Å². The SMILES string of the molecule is COCc1cccc(CNCCNC(=O)C(C)C)c1. The van der Waals surface area contributed by atoms with Crippen LogP contribution in [0.25, 0.3) is 0 Å². The molecule has 4 heteroatoms. The summed E-state index contributed by atoms with van der Waals surface area (Å²) in [5, 5.41) is 6.19. The third-order valence-corrected chi connectivity index (χ3v) is 2.76. The molecule has 0 fully saturated rings. The van der Waals surface area contributed by atoms with Crippen LogP contribution in [0.5, 0.6) is 0 Å². The zero-order valence-corrected chi connectivity index (χ0v) is 12.0. The Kier molecular flexibility index (Phi) is 7.15. The first-order valence-electron chi connectivity index (χ1n) is 6.68. The van der Waals surface area contributed by atoms with Crippen molar-refractivity contribution in [2.45, 2.75) is 27.0 Å². The van der Waals surface area contributed by atoms with Crippen LogP contribution in [0.3, 0.4) is 0 Å². The molecule has 0 bridgehead atoms. The van der Waals surface area contributed by atoms with Crippen LogP contribution in [0.1, 0.15) is 25.0 Å². The number of rotatable bonds is 8. The number of methoxy groups -OCH3 is 1. The third kappa shape index (κ3) is 6.36. The second-order valence-electron chi connectivity index (χ2n) is 4.88. The van der Waals surface area contributed by atoms with Crippen LogP contribution in [0, 0.1) is 5.92 Å². The highest BCUT2D eigenvalue weighted by Crippen LogP contribution is 2.05. The molecular formula is C15H24N2O2. The summed E-state index contributed by atoms with van der Waals surface area (Å²) in [5.74, 6) is 0.148. The van der Waals surface area contributed by atoms with Gasteiger partial charge in [0.25, 0.3) is 0 Å². The Labute approximate surface area is 115 Å². The van der Waals surface area contributed by atoms with Crippen LogP contribution < -0.4 is 10.6 Å². The molecule has 0 spiro atoms. The highest BCUT2D eigenvalue weighted by atomic mass is 16.5. The summed E-state index contributed by atoms with van der Waals surface area (Å²) in [5.41, 5.74) is 2.40. The van der Waals surface area contributed by atoms with Gasteiger partial charge in [-0.2, -0.15) is 0 Å². The van der Waals surface area contributed by atoms with E-state index >= 15 is 0 Å². The fraction of sp³-hybridized carbons (Fsp3) is 0.533. The Balaban J connectivity index is 2.22. The summed E-state index contributed by atoms with van der Waals surface area (Å²) in [6, 6.07) is 8.30. The van der Waals surface area contributed by atoms with E-state index in [4.69, 9.17) is 4.74 Å². The van der Waals surface area contributed by atoms with E-state index < -0.39 is 0 Å². The van der Waals surface area contributed by atoms with Gasteiger partial charge in [0, 0.05) is 32.7 Å². The third-order valence-electron chi connectivity index (χ3n) is 2.76. The minimum Gasteiger partial charge on any atom is -0.380 e.